The van der Waals surface area contributed by atoms with E-state index in [1.807, 2.05) is 14.1 Å². The highest BCUT2D eigenvalue weighted by Crippen LogP contribution is 2.25. The average Bonchev–Trinajstić information content (AvgIpc) is 2.91. The third kappa shape index (κ3) is 4.97. The Hall–Kier alpha value is -0.260. The van der Waals surface area contributed by atoms with E-state index in [4.69, 9.17) is 0 Å². The second kappa shape index (κ2) is 7.50. The summed E-state index contributed by atoms with van der Waals surface area (Å²) in [6, 6.07) is 0.659. The molecule has 2 aliphatic rings. The van der Waals surface area contributed by atoms with E-state index in [0.29, 0.717) is 12.6 Å². The van der Waals surface area contributed by atoms with Gasteiger partial charge in [-0.05, 0) is 31.4 Å². The van der Waals surface area contributed by atoms with Crippen molar-refractivity contribution >= 4 is 17.7 Å². The molecule has 0 aromatic heterocycles. The molecular formula is C14H27N3OS. The molecule has 1 N–H and O–H groups in total. The van der Waals surface area contributed by atoms with Crippen LogP contribution in [0.5, 0.6) is 0 Å². The Morgan fingerprint density at radius 1 is 1.32 bits per heavy atom. The van der Waals surface area contributed by atoms with Crippen molar-refractivity contribution < 1.29 is 4.79 Å². The highest BCUT2D eigenvalue weighted by atomic mass is 32.2. The Morgan fingerprint density at radius 2 is 2.05 bits per heavy atom. The summed E-state index contributed by atoms with van der Waals surface area (Å²) in [5.41, 5.74) is 0. The maximum atomic E-state index is 11.7. The Labute approximate surface area is 121 Å². The Morgan fingerprint density at radius 3 is 2.63 bits per heavy atom. The normalized spacial score (nSPS) is 25.7. The summed E-state index contributed by atoms with van der Waals surface area (Å²) in [7, 11) is 3.66. The average molecular weight is 285 g/mol. The second-order valence-electron chi connectivity index (χ2n) is 5.88. The first-order valence-electron chi connectivity index (χ1n) is 7.42. The standard InChI is InChI=1S/C14H27N3OS/c1-16(2)14(18)11-17-7-5-12(6-8-17)15-10-13-4-3-9-19-13/h12-13,15H,3-11H2,1-2H3. The lowest BCUT2D eigenvalue weighted by Gasteiger charge is -2.33. The lowest BCUT2D eigenvalue weighted by atomic mass is 10.0. The van der Waals surface area contributed by atoms with Gasteiger partial charge in [0.2, 0.25) is 5.91 Å². The first-order valence-corrected chi connectivity index (χ1v) is 8.47. The summed E-state index contributed by atoms with van der Waals surface area (Å²) < 4.78 is 0. The zero-order chi connectivity index (χ0) is 13.7. The van der Waals surface area contributed by atoms with Crippen LogP contribution in [-0.2, 0) is 4.79 Å². The number of carbonyl (C=O) groups is 1. The van der Waals surface area contributed by atoms with Crippen molar-refractivity contribution in [3.8, 4) is 0 Å². The van der Waals surface area contributed by atoms with E-state index in [9.17, 15) is 4.79 Å². The van der Waals surface area contributed by atoms with Crippen LogP contribution in [0.4, 0.5) is 0 Å². The molecule has 2 aliphatic heterocycles. The molecule has 0 aliphatic carbocycles. The molecule has 2 saturated heterocycles. The van der Waals surface area contributed by atoms with Gasteiger partial charge in [-0.25, -0.2) is 0 Å². The number of hydrogen-bond donors (Lipinski definition) is 1. The van der Waals surface area contributed by atoms with E-state index in [2.05, 4.69) is 22.0 Å². The van der Waals surface area contributed by atoms with E-state index in [1.54, 1.807) is 4.90 Å². The maximum Gasteiger partial charge on any atom is 0.236 e. The van der Waals surface area contributed by atoms with Gasteiger partial charge in [0.15, 0.2) is 0 Å². The van der Waals surface area contributed by atoms with E-state index in [0.717, 1.165) is 18.3 Å². The number of likely N-dealkylation sites (tertiary alicyclic amines) is 1. The molecule has 5 heteroatoms. The summed E-state index contributed by atoms with van der Waals surface area (Å²) in [4.78, 5) is 15.6. The number of piperidine rings is 1. The van der Waals surface area contributed by atoms with Gasteiger partial charge in [0.1, 0.15) is 0 Å². The van der Waals surface area contributed by atoms with E-state index in [1.165, 1.54) is 38.0 Å². The predicted octanol–water partition coefficient (Wildman–Crippen LogP) is 1.02. The molecule has 0 saturated carbocycles. The first-order chi connectivity index (χ1) is 9.15. The molecule has 0 bridgehead atoms. The van der Waals surface area contributed by atoms with Crippen LogP contribution < -0.4 is 5.32 Å². The third-order valence-electron chi connectivity index (χ3n) is 4.10. The van der Waals surface area contributed by atoms with E-state index >= 15 is 0 Å². The largest absolute Gasteiger partial charge is 0.348 e. The van der Waals surface area contributed by atoms with Crippen molar-refractivity contribution in [3.63, 3.8) is 0 Å². The van der Waals surface area contributed by atoms with Crippen molar-refractivity contribution in [1.29, 1.82) is 0 Å². The third-order valence-corrected chi connectivity index (χ3v) is 5.50. The summed E-state index contributed by atoms with van der Waals surface area (Å²) >= 11 is 2.12. The molecule has 4 nitrogen and oxygen atoms in total. The fourth-order valence-electron chi connectivity index (χ4n) is 2.73. The highest BCUT2D eigenvalue weighted by molar-refractivity contribution is 8.00. The minimum atomic E-state index is 0.216. The molecule has 2 rings (SSSR count). The number of amides is 1. The van der Waals surface area contributed by atoms with Crippen molar-refractivity contribution in [2.75, 3.05) is 46.0 Å². The number of nitrogens with zero attached hydrogens (tertiary/aromatic N) is 2. The zero-order valence-electron chi connectivity index (χ0n) is 12.2. The van der Waals surface area contributed by atoms with Crippen LogP contribution in [0.2, 0.25) is 0 Å². The molecule has 1 atom stereocenters. The first kappa shape index (κ1) is 15.1. The number of thioether (sulfide) groups is 1. The van der Waals surface area contributed by atoms with Gasteiger partial charge >= 0.3 is 0 Å². The highest BCUT2D eigenvalue weighted by Gasteiger charge is 2.22. The van der Waals surface area contributed by atoms with Crippen LogP contribution in [0.1, 0.15) is 25.7 Å². The van der Waals surface area contributed by atoms with Crippen molar-refractivity contribution in [1.82, 2.24) is 15.1 Å². The Bertz CT molecular complexity index is 284. The maximum absolute atomic E-state index is 11.7. The monoisotopic (exact) mass is 285 g/mol. The molecule has 1 unspecified atom stereocenters. The topological polar surface area (TPSA) is 35.6 Å². The van der Waals surface area contributed by atoms with Crippen LogP contribution in [0.3, 0.4) is 0 Å². The Balaban J connectivity index is 1.60. The van der Waals surface area contributed by atoms with Gasteiger partial charge in [-0.1, -0.05) is 0 Å². The molecule has 0 spiro atoms. The SMILES string of the molecule is CN(C)C(=O)CN1CCC(NCC2CCCS2)CC1. The van der Waals surface area contributed by atoms with Crippen molar-refractivity contribution in [2.24, 2.45) is 0 Å². The van der Waals surface area contributed by atoms with Gasteiger partial charge in [-0.15, -0.1) is 0 Å². The van der Waals surface area contributed by atoms with Crippen LogP contribution in [0, 0.1) is 0 Å². The van der Waals surface area contributed by atoms with Crippen LogP contribution in [-0.4, -0.2) is 73.0 Å². The molecule has 0 radical (unpaired) electrons. The zero-order valence-corrected chi connectivity index (χ0v) is 13.0. The van der Waals surface area contributed by atoms with Gasteiger partial charge in [0.05, 0.1) is 6.54 Å². The molecule has 1 amide bonds. The van der Waals surface area contributed by atoms with E-state index in [-0.39, 0.29) is 5.91 Å². The molecule has 2 heterocycles. The number of likely N-dealkylation sites (N-methyl/N-ethyl adjacent to an activating group) is 1. The van der Waals surface area contributed by atoms with Gasteiger partial charge in [0.25, 0.3) is 0 Å². The fraction of sp³-hybridized carbons (Fsp3) is 0.929. The Kier molecular flexibility index (Phi) is 5.98. The lowest BCUT2D eigenvalue weighted by Crippen LogP contribution is -2.46. The minimum absolute atomic E-state index is 0.216. The van der Waals surface area contributed by atoms with Gasteiger partial charge in [0, 0.05) is 45.0 Å². The lowest BCUT2D eigenvalue weighted by molar-refractivity contribution is -0.130. The van der Waals surface area contributed by atoms with Crippen LogP contribution >= 0.6 is 11.8 Å². The summed E-state index contributed by atoms with van der Waals surface area (Å²) in [5.74, 6) is 1.56. The second-order valence-corrected chi connectivity index (χ2v) is 7.29. The van der Waals surface area contributed by atoms with Crippen molar-refractivity contribution in [3.05, 3.63) is 0 Å². The molecule has 19 heavy (non-hydrogen) atoms. The van der Waals surface area contributed by atoms with Gasteiger partial charge in [-0.2, -0.15) is 11.8 Å². The molecular weight excluding hydrogens is 258 g/mol. The molecule has 110 valence electrons. The summed E-state index contributed by atoms with van der Waals surface area (Å²) in [6.45, 7) is 3.86. The number of rotatable bonds is 5. The predicted molar refractivity (Wildman–Crippen MR) is 81.6 cm³/mol. The minimum Gasteiger partial charge on any atom is -0.348 e. The van der Waals surface area contributed by atoms with E-state index < -0.39 is 0 Å². The van der Waals surface area contributed by atoms with Gasteiger partial charge < -0.3 is 10.2 Å². The number of nitrogens with one attached hydrogen (secondary N) is 1. The number of hydrogen-bond acceptors (Lipinski definition) is 4. The molecule has 0 aromatic rings. The number of carbonyl (C=O) groups excluding carboxylic acids is 1. The molecule has 2 fully saturated rings. The summed E-state index contributed by atoms with van der Waals surface area (Å²) in [6.07, 6.45) is 5.13. The fourth-order valence-corrected chi connectivity index (χ4v) is 3.95. The van der Waals surface area contributed by atoms with Crippen LogP contribution in [0.25, 0.3) is 0 Å². The van der Waals surface area contributed by atoms with Crippen LogP contribution in [0.15, 0.2) is 0 Å². The summed E-state index contributed by atoms with van der Waals surface area (Å²) in [5, 5.41) is 4.56. The smallest absolute Gasteiger partial charge is 0.236 e. The van der Waals surface area contributed by atoms with Gasteiger partial charge in [-0.3, -0.25) is 9.69 Å². The quantitative estimate of drug-likeness (QED) is 0.818. The van der Waals surface area contributed by atoms with Crippen molar-refractivity contribution in [2.45, 2.75) is 37.0 Å². The molecule has 0 aromatic carbocycles.